The molecule has 0 amide bonds. The molecule has 0 aliphatic heterocycles. The fraction of sp³-hybridized carbons (Fsp3) is 1.00. The van der Waals surface area contributed by atoms with Crippen molar-refractivity contribution in [2.45, 2.75) is 57.1 Å². The van der Waals surface area contributed by atoms with Gasteiger partial charge in [-0.25, -0.2) is 0 Å². The van der Waals surface area contributed by atoms with Crippen LogP contribution in [0.5, 0.6) is 0 Å². The maximum Gasteiger partial charge on any atom is 0.0826 e. The van der Waals surface area contributed by atoms with Crippen LogP contribution in [0.3, 0.4) is 0 Å². The summed E-state index contributed by atoms with van der Waals surface area (Å²) in [6, 6.07) is 0. The van der Waals surface area contributed by atoms with Gasteiger partial charge in [0.1, 0.15) is 0 Å². The molecule has 2 nitrogen and oxygen atoms in total. The summed E-state index contributed by atoms with van der Waals surface area (Å²) in [4.78, 5) is 0. The SMILES string of the molecule is CC1(C)CC(N)(C2(O)CCC2)C1. The Bertz CT molecular complexity index is 198. The molecule has 2 aliphatic carbocycles. The Morgan fingerprint density at radius 1 is 1.17 bits per heavy atom. The van der Waals surface area contributed by atoms with Crippen LogP contribution in [0.2, 0.25) is 0 Å². The van der Waals surface area contributed by atoms with E-state index in [1.165, 1.54) is 0 Å². The summed E-state index contributed by atoms with van der Waals surface area (Å²) in [5.41, 5.74) is 5.76. The number of hydrogen-bond donors (Lipinski definition) is 2. The van der Waals surface area contributed by atoms with Gasteiger partial charge in [0.2, 0.25) is 0 Å². The van der Waals surface area contributed by atoms with Crippen molar-refractivity contribution in [3.05, 3.63) is 0 Å². The van der Waals surface area contributed by atoms with E-state index in [1.807, 2.05) is 0 Å². The highest BCUT2D eigenvalue weighted by Gasteiger charge is 2.60. The molecular weight excluding hydrogens is 150 g/mol. The Morgan fingerprint density at radius 3 is 1.92 bits per heavy atom. The van der Waals surface area contributed by atoms with E-state index in [9.17, 15) is 5.11 Å². The molecule has 2 saturated carbocycles. The van der Waals surface area contributed by atoms with E-state index < -0.39 is 5.60 Å². The molecule has 70 valence electrons. The normalized spacial score (nSPS) is 35.0. The van der Waals surface area contributed by atoms with Gasteiger partial charge >= 0.3 is 0 Å². The minimum Gasteiger partial charge on any atom is -0.388 e. The van der Waals surface area contributed by atoms with E-state index in [2.05, 4.69) is 13.8 Å². The minimum absolute atomic E-state index is 0.255. The van der Waals surface area contributed by atoms with Crippen LogP contribution >= 0.6 is 0 Å². The van der Waals surface area contributed by atoms with Gasteiger partial charge in [0.15, 0.2) is 0 Å². The molecule has 0 aromatic rings. The van der Waals surface area contributed by atoms with Crippen LogP contribution in [0.1, 0.15) is 46.0 Å². The van der Waals surface area contributed by atoms with E-state index in [0.717, 1.165) is 32.1 Å². The Morgan fingerprint density at radius 2 is 1.67 bits per heavy atom. The van der Waals surface area contributed by atoms with Crippen molar-refractivity contribution in [3.63, 3.8) is 0 Å². The minimum atomic E-state index is -0.511. The van der Waals surface area contributed by atoms with E-state index in [4.69, 9.17) is 5.73 Å². The average Bonchev–Trinajstić information content (AvgIpc) is 1.77. The molecule has 0 atom stereocenters. The third-order valence-corrected chi connectivity index (χ3v) is 3.70. The van der Waals surface area contributed by atoms with Gasteiger partial charge < -0.3 is 10.8 Å². The molecule has 12 heavy (non-hydrogen) atoms. The van der Waals surface area contributed by atoms with E-state index in [1.54, 1.807) is 0 Å². The highest BCUT2D eigenvalue weighted by molar-refractivity contribution is 5.17. The second-order valence-electron chi connectivity index (χ2n) is 5.56. The topological polar surface area (TPSA) is 46.2 Å². The van der Waals surface area contributed by atoms with Gasteiger partial charge in [-0.3, -0.25) is 0 Å². The summed E-state index contributed by atoms with van der Waals surface area (Å²) in [6.07, 6.45) is 4.95. The molecular formula is C10H19NO. The van der Waals surface area contributed by atoms with Gasteiger partial charge in [-0.15, -0.1) is 0 Å². The zero-order valence-electron chi connectivity index (χ0n) is 8.06. The highest BCUT2D eigenvalue weighted by Crippen LogP contribution is 2.56. The van der Waals surface area contributed by atoms with Crippen LogP contribution in [-0.2, 0) is 0 Å². The van der Waals surface area contributed by atoms with Gasteiger partial charge in [-0.05, 0) is 37.5 Å². The smallest absolute Gasteiger partial charge is 0.0826 e. The molecule has 0 unspecified atom stereocenters. The van der Waals surface area contributed by atoms with E-state index in [-0.39, 0.29) is 5.54 Å². The molecule has 0 aromatic heterocycles. The van der Waals surface area contributed by atoms with Gasteiger partial charge in [0.25, 0.3) is 0 Å². The maximum absolute atomic E-state index is 10.1. The van der Waals surface area contributed by atoms with Gasteiger partial charge in [0, 0.05) is 5.54 Å². The van der Waals surface area contributed by atoms with Gasteiger partial charge in [0.05, 0.1) is 5.60 Å². The Balaban J connectivity index is 2.06. The van der Waals surface area contributed by atoms with Crippen LogP contribution in [0.15, 0.2) is 0 Å². The zero-order valence-corrected chi connectivity index (χ0v) is 8.06. The van der Waals surface area contributed by atoms with Crippen molar-refractivity contribution < 1.29 is 5.11 Å². The summed E-state index contributed by atoms with van der Waals surface area (Å²) < 4.78 is 0. The second kappa shape index (κ2) is 2.05. The Kier molecular flexibility index (Phi) is 1.45. The van der Waals surface area contributed by atoms with Crippen molar-refractivity contribution in [2.75, 3.05) is 0 Å². The largest absolute Gasteiger partial charge is 0.388 e. The zero-order chi connectivity index (χ0) is 9.04. The van der Waals surface area contributed by atoms with Crippen LogP contribution in [-0.4, -0.2) is 16.2 Å². The Labute approximate surface area is 74.1 Å². The number of aliphatic hydroxyl groups is 1. The van der Waals surface area contributed by atoms with Crippen molar-refractivity contribution >= 4 is 0 Å². The molecule has 0 aromatic carbocycles. The first-order valence-electron chi connectivity index (χ1n) is 4.88. The van der Waals surface area contributed by atoms with E-state index in [0.29, 0.717) is 5.41 Å². The monoisotopic (exact) mass is 169 g/mol. The van der Waals surface area contributed by atoms with Crippen molar-refractivity contribution in [1.29, 1.82) is 0 Å². The molecule has 2 heteroatoms. The van der Waals surface area contributed by atoms with Crippen molar-refractivity contribution in [3.8, 4) is 0 Å². The summed E-state index contributed by atoms with van der Waals surface area (Å²) in [6.45, 7) is 4.44. The first-order chi connectivity index (χ1) is 5.37. The molecule has 0 bridgehead atoms. The quantitative estimate of drug-likeness (QED) is 0.623. The standard InChI is InChI=1S/C10H19NO/c1-8(2)6-9(11,7-8)10(12)4-3-5-10/h12H,3-7,11H2,1-2H3. The van der Waals surface area contributed by atoms with Gasteiger partial charge in [-0.1, -0.05) is 13.8 Å². The van der Waals surface area contributed by atoms with Crippen LogP contribution < -0.4 is 5.73 Å². The molecule has 2 rings (SSSR count). The fourth-order valence-corrected chi connectivity index (χ4v) is 2.99. The summed E-state index contributed by atoms with van der Waals surface area (Å²) >= 11 is 0. The van der Waals surface area contributed by atoms with Crippen LogP contribution in [0.4, 0.5) is 0 Å². The summed E-state index contributed by atoms with van der Waals surface area (Å²) in [5.74, 6) is 0. The molecule has 0 spiro atoms. The first-order valence-corrected chi connectivity index (χ1v) is 4.88. The second-order valence-corrected chi connectivity index (χ2v) is 5.56. The predicted molar refractivity (Wildman–Crippen MR) is 48.7 cm³/mol. The maximum atomic E-state index is 10.1. The lowest BCUT2D eigenvalue weighted by atomic mass is 9.49. The fourth-order valence-electron chi connectivity index (χ4n) is 2.99. The molecule has 2 fully saturated rings. The van der Waals surface area contributed by atoms with Gasteiger partial charge in [-0.2, -0.15) is 0 Å². The molecule has 3 N–H and O–H groups in total. The van der Waals surface area contributed by atoms with E-state index >= 15 is 0 Å². The summed E-state index contributed by atoms with van der Waals surface area (Å²) in [7, 11) is 0. The molecule has 0 radical (unpaired) electrons. The third-order valence-electron chi connectivity index (χ3n) is 3.70. The number of hydrogen-bond acceptors (Lipinski definition) is 2. The van der Waals surface area contributed by atoms with Crippen LogP contribution in [0, 0.1) is 5.41 Å². The molecule has 0 saturated heterocycles. The number of nitrogens with two attached hydrogens (primary N) is 1. The first kappa shape index (κ1) is 8.52. The van der Waals surface area contributed by atoms with Crippen LogP contribution in [0.25, 0.3) is 0 Å². The van der Waals surface area contributed by atoms with Crippen molar-refractivity contribution in [1.82, 2.24) is 0 Å². The summed E-state index contributed by atoms with van der Waals surface area (Å²) in [5, 5.41) is 10.1. The lowest BCUT2D eigenvalue weighted by Crippen LogP contribution is -2.71. The van der Waals surface area contributed by atoms with Crippen molar-refractivity contribution in [2.24, 2.45) is 11.1 Å². The molecule has 2 aliphatic rings. The average molecular weight is 169 g/mol. The lowest BCUT2D eigenvalue weighted by Gasteiger charge is -2.61. The Hall–Kier alpha value is -0.0800. The highest BCUT2D eigenvalue weighted by atomic mass is 16.3. The lowest BCUT2D eigenvalue weighted by molar-refractivity contribution is -0.158. The molecule has 0 heterocycles. The predicted octanol–water partition coefficient (Wildman–Crippen LogP) is 1.42. The third kappa shape index (κ3) is 0.944. The number of rotatable bonds is 1.